The maximum Gasteiger partial charge on any atom is 0.345 e. The first-order valence-electron chi connectivity index (χ1n) is 6.89. The van der Waals surface area contributed by atoms with Gasteiger partial charge in [0.1, 0.15) is 4.88 Å². The van der Waals surface area contributed by atoms with Crippen molar-refractivity contribution in [2.24, 2.45) is 0 Å². The number of hydrogen-bond acceptors (Lipinski definition) is 4. The Kier molecular flexibility index (Phi) is 5.14. The van der Waals surface area contributed by atoms with E-state index in [9.17, 15) is 9.59 Å². The maximum absolute atomic E-state index is 11.5. The van der Waals surface area contributed by atoms with Crippen LogP contribution in [0.1, 0.15) is 45.8 Å². The maximum atomic E-state index is 11.5. The molecule has 1 aliphatic rings. The van der Waals surface area contributed by atoms with E-state index in [1.807, 2.05) is 6.92 Å². The number of carbonyl (C=O) groups excluding carboxylic acids is 1. The summed E-state index contributed by atoms with van der Waals surface area (Å²) in [4.78, 5) is 23.7. The lowest BCUT2D eigenvalue weighted by molar-refractivity contribution is -0.121. The van der Waals surface area contributed by atoms with E-state index in [0.717, 1.165) is 36.2 Å². The fourth-order valence-corrected chi connectivity index (χ4v) is 2.81. The number of carboxylic acids is 1. The molecule has 1 heterocycles. The van der Waals surface area contributed by atoms with Gasteiger partial charge in [-0.1, -0.05) is 0 Å². The van der Waals surface area contributed by atoms with Gasteiger partial charge >= 0.3 is 5.97 Å². The van der Waals surface area contributed by atoms with Gasteiger partial charge in [0.2, 0.25) is 5.91 Å². The molecule has 1 saturated carbocycles. The number of nitrogens with one attached hydrogen (secondary N) is 2. The van der Waals surface area contributed by atoms with Crippen LogP contribution in [0.25, 0.3) is 0 Å². The Morgan fingerprint density at radius 3 is 2.80 bits per heavy atom. The van der Waals surface area contributed by atoms with Crippen molar-refractivity contribution in [3.05, 3.63) is 21.4 Å². The number of amides is 1. The molecule has 0 radical (unpaired) electrons. The third-order valence-corrected chi connectivity index (χ3v) is 4.33. The quantitative estimate of drug-likeness (QED) is 0.640. The van der Waals surface area contributed by atoms with Crippen molar-refractivity contribution < 1.29 is 14.7 Å². The molecule has 1 aromatic rings. The second-order valence-corrected chi connectivity index (χ2v) is 6.38. The minimum absolute atomic E-state index is 0.133. The van der Waals surface area contributed by atoms with Crippen LogP contribution < -0.4 is 10.6 Å². The molecule has 5 nitrogen and oxygen atoms in total. The third-order valence-electron chi connectivity index (χ3n) is 3.25. The SMILES string of the molecule is Cc1sc(C(=O)O)cc1CNCCCC(=O)NC1CC1. The third kappa shape index (κ3) is 4.61. The topological polar surface area (TPSA) is 78.4 Å². The smallest absolute Gasteiger partial charge is 0.345 e. The van der Waals surface area contributed by atoms with Crippen LogP contribution in [0.3, 0.4) is 0 Å². The first kappa shape index (κ1) is 15.0. The van der Waals surface area contributed by atoms with Crippen LogP contribution in [0.5, 0.6) is 0 Å². The minimum atomic E-state index is -0.874. The van der Waals surface area contributed by atoms with Crippen LogP contribution in [-0.4, -0.2) is 29.6 Å². The molecule has 1 aliphatic carbocycles. The Balaban J connectivity index is 1.62. The van der Waals surface area contributed by atoms with Crippen molar-refractivity contribution in [1.29, 1.82) is 0 Å². The standard InChI is InChI=1S/C14H20N2O3S/c1-9-10(7-12(20-9)14(18)19)8-15-6-2-3-13(17)16-11-4-5-11/h7,11,15H,2-6,8H2,1H3,(H,16,17)(H,18,19). The zero-order valence-corrected chi connectivity index (χ0v) is 12.4. The number of rotatable bonds is 8. The molecule has 0 atom stereocenters. The minimum Gasteiger partial charge on any atom is -0.477 e. The number of carboxylic acid groups (broad SMARTS) is 1. The molecule has 0 saturated heterocycles. The van der Waals surface area contributed by atoms with Gasteiger partial charge in [0.15, 0.2) is 0 Å². The number of carbonyl (C=O) groups is 2. The highest BCUT2D eigenvalue weighted by Crippen LogP contribution is 2.21. The predicted octanol–water partition coefficient (Wildman–Crippen LogP) is 1.90. The molecule has 110 valence electrons. The first-order chi connectivity index (χ1) is 9.56. The fourth-order valence-electron chi connectivity index (χ4n) is 1.93. The highest BCUT2D eigenvalue weighted by Gasteiger charge is 2.22. The van der Waals surface area contributed by atoms with Crippen LogP contribution in [-0.2, 0) is 11.3 Å². The predicted molar refractivity (Wildman–Crippen MR) is 78.1 cm³/mol. The summed E-state index contributed by atoms with van der Waals surface area (Å²) in [7, 11) is 0. The molecule has 0 unspecified atom stereocenters. The van der Waals surface area contributed by atoms with Gasteiger partial charge in [-0.05, 0) is 44.4 Å². The molecule has 3 N–H and O–H groups in total. The van der Waals surface area contributed by atoms with Gasteiger partial charge in [-0.25, -0.2) is 4.79 Å². The van der Waals surface area contributed by atoms with Crippen LogP contribution in [0.15, 0.2) is 6.07 Å². The average molecular weight is 296 g/mol. The summed E-state index contributed by atoms with van der Waals surface area (Å²) >= 11 is 1.30. The Hall–Kier alpha value is -1.40. The molecule has 1 amide bonds. The monoisotopic (exact) mass is 296 g/mol. The van der Waals surface area contributed by atoms with Crippen molar-refractivity contribution in [3.63, 3.8) is 0 Å². The molecule has 0 bridgehead atoms. The Morgan fingerprint density at radius 2 is 2.20 bits per heavy atom. The van der Waals surface area contributed by atoms with Crippen LogP contribution in [0.4, 0.5) is 0 Å². The number of thiophene rings is 1. The van der Waals surface area contributed by atoms with Crippen molar-refractivity contribution >= 4 is 23.2 Å². The normalized spacial score (nSPS) is 14.2. The van der Waals surface area contributed by atoms with E-state index in [1.54, 1.807) is 6.07 Å². The Bertz CT molecular complexity index is 495. The summed E-state index contributed by atoms with van der Waals surface area (Å²) in [5.74, 6) is -0.740. The second-order valence-electron chi connectivity index (χ2n) is 5.12. The first-order valence-corrected chi connectivity index (χ1v) is 7.70. The Morgan fingerprint density at radius 1 is 1.45 bits per heavy atom. The molecular weight excluding hydrogens is 276 g/mol. The summed E-state index contributed by atoms with van der Waals surface area (Å²) in [5, 5.41) is 15.1. The molecule has 0 aliphatic heterocycles. The van der Waals surface area contributed by atoms with E-state index in [2.05, 4.69) is 10.6 Å². The highest BCUT2D eigenvalue weighted by molar-refractivity contribution is 7.14. The van der Waals surface area contributed by atoms with E-state index in [-0.39, 0.29) is 5.91 Å². The number of aryl methyl sites for hydroxylation is 1. The number of aromatic carboxylic acids is 1. The summed E-state index contributed by atoms with van der Waals surface area (Å²) in [6.07, 6.45) is 3.58. The van der Waals surface area contributed by atoms with Gasteiger partial charge in [0.05, 0.1) is 0 Å². The summed E-state index contributed by atoms with van der Waals surface area (Å²) in [6, 6.07) is 2.15. The van der Waals surface area contributed by atoms with Crippen molar-refractivity contribution in [1.82, 2.24) is 10.6 Å². The van der Waals surface area contributed by atoms with E-state index in [0.29, 0.717) is 23.9 Å². The van der Waals surface area contributed by atoms with Crippen LogP contribution in [0, 0.1) is 6.92 Å². The van der Waals surface area contributed by atoms with Gasteiger partial charge in [0, 0.05) is 23.9 Å². The zero-order chi connectivity index (χ0) is 14.5. The van der Waals surface area contributed by atoms with Crippen molar-refractivity contribution in [2.75, 3.05) is 6.54 Å². The largest absolute Gasteiger partial charge is 0.477 e. The molecule has 6 heteroatoms. The van der Waals surface area contributed by atoms with Crippen LogP contribution in [0.2, 0.25) is 0 Å². The fraction of sp³-hybridized carbons (Fsp3) is 0.571. The molecule has 1 aromatic heterocycles. The molecule has 0 aromatic carbocycles. The van der Waals surface area contributed by atoms with E-state index < -0.39 is 5.97 Å². The lowest BCUT2D eigenvalue weighted by Crippen LogP contribution is -2.26. The van der Waals surface area contributed by atoms with Crippen molar-refractivity contribution in [2.45, 2.75) is 45.2 Å². The lowest BCUT2D eigenvalue weighted by Gasteiger charge is -2.05. The molecule has 1 fully saturated rings. The van der Waals surface area contributed by atoms with Crippen molar-refractivity contribution in [3.8, 4) is 0 Å². The number of hydrogen-bond donors (Lipinski definition) is 3. The van der Waals surface area contributed by atoms with Gasteiger partial charge < -0.3 is 15.7 Å². The van der Waals surface area contributed by atoms with E-state index in [1.165, 1.54) is 11.3 Å². The second kappa shape index (κ2) is 6.85. The van der Waals surface area contributed by atoms with Gasteiger partial charge in [-0.3, -0.25) is 4.79 Å². The van der Waals surface area contributed by atoms with Gasteiger partial charge in [-0.2, -0.15) is 0 Å². The van der Waals surface area contributed by atoms with E-state index >= 15 is 0 Å². The van der Waals surface area contributed by atoms with Gasteiger partial charge in [0.25, 0.3) is 0 Å². The van der Waals surface area contributed by atoms with Crippen LogP contribution >= 0.6 is 11.3 Å². The molecule has 0 spiro atoms. The summed E-state index contributed by atoms with van der Waals surface area (Å²) in [6.45, 7) is 3.34. The molecular formula is C14H20N2O3S. The van der Waals surface area contributed by atoms with Gasteiger partial charge in [-0.15, -0.1) is 11.3 Å². The van der Waals surface area contributed by atoms with E-state index in [4.69, 9.17) is 5.11 Å². The Labute approximate surface area is 122 Å². The lowest BCUT2D eigenvalue weighted by atomic mass is 10.2. The summed E-state index contributed by atoms with van der Waals surface area (Å²) in [5.41, 5.74) is 1.02. The molecule has 20 heavy (non-hydrogen) atoms. The molecule has 2 rings (SSSR count). The zero-order valence-electron chi connectivity index (χ0n) is 11.6. The summed E-state index contributed by atoms with van der Waals surface area (Å²) < 4.78 is 0. The average Bonchev–Trinajstić information content (AvgIpc) is 3.11. The highest BCUT2D eigenvalue weighted by atomic mass is 32.1.